The summed E-state index contributed by atoms with van der Waals surface area (Å²) in [5.41, 5.74) is 4.22. The minimum atomic E-state index is -0.687. The van der Waals surface area contributed by atoms with Crippen molar-refractivity contribution >= 4 is 27.7 Å². The highest BCUT2D eigenvalue weighted by Gasteiger charge is 2.31. The van der Waals surface area contributed by atoms with Crippen LogP contribution in [-0.4, -0.2) is 35.9 Å². The van der Waals surface area contributed by atoms with Crippen molar-refractivity contribution in [1.82, 2.24) is 10.2 Å². The lowest BCUT2D eigenvalue weighted by Crippen LogP contribution is -2.52. The van der Waals surface area contributed by atoms with E-state index in [4.69, 9.17) is 4.74 Å². The molecule has 0 aromatic heterocycles. The standard InChI is InChI=1S/C33H41BrN2O3/c1-23(2)20-35-32(38)29(18-25-13-8-7-9-14-25)36(21-26-15-11-10-12-24(26)3)31(37)22-39-30-17-16-27(19-28(30)34)33(4,5)6/h7-17,19,23,29H,18,20-22H2,1-6H3,(H,35,38)/t29-/m0/s1. The van der Waals surface area contributed by atoms with Crippen molar-refractivity contribution in [1.29, 1.82) is 0 Å². The molecule has 6 heteroatoms. The molecule has 0 aliphatic rings. The van der Waals surface area contributed by atoms with Crippen molar-refractivity contribution in [2.75, 3.05) is 13.2 Å². The minimum absolute atomic E-state index is 0.00474. The van der Waals surface area contributed by atoms with E-state index in [0.29, 0.717) is 31.2 Å². The Balaban J connectivity index is 1.91. The van der Waals surface area contributed by atoms with Crippen molar-refractivity contribution in [3.05, 3.63) is 99.5 Å². The molecule has 0 saturated heterocycles. The average molecular weight is 594 g/mol. The number of hydrogen-bond acceptors (Lipinski definition) is 3. The van der Waals surface area contributed by atoms with Crippen LogP contribution in [0.3, 0.4) is 0 Å². The lowest BCUT2D eigenvalue weighted by molar-refractivity contribution is -0.142. The molecule has 0 aliphatic heterocycles. The first-order chi connectivity index (χ1) is 18.5. The maximum absolute atomic E-state index is 13.8. The fourth-order valence-electron chi connectivity index (χ4n) is 4.25. The predicted molar refractivity (Wildman–Crippen MR) is 162 cm³/mol. The van der Waals surface area contributed by atoms with Crippen LogP contribution in [0.25, 0.3) is 0 Å². The normalized spacial score (nSPS) is 12.2. The zero-order valence-corrected chi connectivity index (χ0v) is 25.5. The van der Waals surface area contributed by atoms with E-state index in [9.17, 15) is 9.59 Å². The highest BCUT2D eigenvalue weighted by atomic mass is 79.9. The summed E-state index contributed by atoms with van der Waals surface area (Å²) in [6.45, 7) is 13.3. The van der Waals surface area contributed by atoms with Crippen LogP contribution in [0, 0.1) is 12.8 Å². The van der Waals surface area contributed by atoms with Gasteiger partial charge in [-0.25, -0.2) is 0 Å². The largest absolute Gasteiger partial charge is 0.483 e. The second-order valence-corrected chi connectivity index (χ2v) is 12.3. The van der Waals surface area contributed by atoms with E-state index in [0.717, 1.165) is 21.2 Å². The first kappa shape index (κ1) is 30.4. The highest BCUT2D eigenvalue weighted by Crippen LogP contribution is 2.31. The van der Waals surface area contributed by atoms with Gasteiger partial charge in [0.1, 0.15) is 11.8 Å². The molecule has 0 radical (unpaired) electrons. The number of amides is 2. The van der Waals surface area contributed by atoms with Crippen LogP contribution in [0.2, 0.25) is 0 Å². The van der Waals surface area contributed by atoms with Gasteiger partial charge in [0.15, 0.2) is 6.61 Å². The number of aryl methyl sites for hydroxylation is 1. The summed E-state index contributed by atoms with van der Waals surface area (Å²) in [6, 6.07) is 23.0. The monoisotopic (exact) mass is 592 g/mol. The maximum atomic E-state index is 13.8. The van der Waals surface area contributed by atoms with Crippen molar-refractivity contribution in [3.63, 3.8) is 0 Å². The number of nitrogens with one attached hydrogen (secondary N) is 1. The Bertz CT molecular complexity index is 1250. The Kier molecular flexibility index (Phi) is 10.8. The summed E-state index contributed by atoms with van der Waals surface area (Å²) in [5, 5.41) is 3.06. The van der Waals surface area contributed by atoms with Gasteiger partial charge < -0.3 is 15.0 Å². The maximum Gasteiger partial charge on any atom is 0.261 e. The molecule has 0 fully saturated rings. The second-order valence-electron chi connectivity index (χ2n) is 11.5. The van der Waals surface area contributed by atoms with E-state index in [2.05, 4.69) is 55.9 Å². The molecule has 0 heterocycles. The van der Waals surface area contributed by atoms with Gasteiger partial charge in [-0.3, -0.25) is 9.59 Å². The molecular weight excluding hydrogens is 552 g/mol. The fraction of sp³-hybridized carbons (Fsp3) is 0.394. The number of nitrogens with zero attached hydrogens (tertiary/aromatic N) is 1. The number of benzene rings is 3. The second kappa shape index (κ2) is 13.8. The number of carbonyl (C=O) groups excluding carboxylic acids is 2. The Morgan fingerprint density at radius 3 is 2.26 bits per heavy atom. The molecule has 2 amide bonds. The van der Waals surface area contributed by atoms with Gasteiger partial charge >= 0.3 is 0 Å². The predicted octanol–water partition coefficient (Wildman–Crippen LogP) is 6.85. The van der Waals surface area contributed by atoms with E-state index in [1.165, 1.54) is 5.56 Å². The smallest absolute Gasteiger partial charge is 0.261 e. The molecule has 3 aromatic carbocycles. The summed E-state index contributed by atoms with van der Waals surface area (Å²) >= 11 is 3.61. The van der Waals surface area contributed by atoms with Crippen molar-refractivity contribution < 1.29 is 14.3 Å². The molecule has 0 saturated carbocycles. The molecule has 0 spiro atoms. The number of ether oxygens (including phenoxy) is 1. The highest BCUT2D eigenvalue weighted by molar-refractivity contribution is 9.10. The van der Waals surface area contributed by atoms with Crippen LogP contribution in [0.15, 0.2) is 77.3 Å². The number of carbonyl (C=O) groups is 2. The average Bonchev–Trinajstić information content (AvgIpc) is 2.89. The summed E-state index contributed by atoms with van der Waals surface area (Å²) in [5.74, 6) is 0.482. The molecule has 1 N–H and O–H groups in total. The van der Waals surface area contributed by atoms with Crippen LogP contribution < -0.4 is 10.1 Å². The van der Waals surface area contributed by atoms with Crippen molar-refractivity contribution in [3.8, 4) is 5.75 Å². The molecule has 0 bridgehead atoms. The summed E-state index contributed by atoms with van der Waals surface area (Å²) < 4.78 is 6.82. The van der Waals surface area contributed by atoms with Crippen LogP contribution in [0.5, 0.6) is 5.75 Å². The number of hydrogen-bond donors (Lipinski definition) is 1. The molecule has 1 atom stereocenters. The summed E-state index contributed by atoms with van der Waals surface area (Å²) in [6.07, 6.45) is 0.409. The fourth-order valence-corrected chi connectivity index (χ4v) is 4.75. The van der Waals surface area contributed by atoms with Crippen LogP contribution in [0.1, 0.15) is 56.9 Å². The number of rotatable bonds is 11. The third kappa shape index (κ3) is 8.96. The zero-order chi connectivity index (χ0) is 28.6. The van der Waals surface area contributed by atoms with Gasteiger partial charge in [-0.15, -0.1) is 0 Å². The van der Waals surface area contributed by atoms with Gasteiger partial charge in [0.05, 0.1) is 4.47 Å². The van der Waals surface area contributed by atoms with Crippen LogP contribution in [-0.2, 0) is 28.0 Å². The van der Waals surface area contributed by atoms with E-state index < -0.39 is 6.04 Å². The molecule has 0 unspecified atom stereocenters. The van der Waals surface area contributed by atoms with Crippen molar-refractivity contribution in [2.45, 2.75) is 66.0 Å². The topological polar surface area (TPSA) is 58.6 Å². The first-order valence-electron chi connectivity index (χ1n) is 13.5. The Morgan fingerprint density at radius 1 is 0.974 bits per heavy atom. The quantitative estimate of drug-likeness (QED) is 0.265. The number of halogens is 1. The molecule has 3 rings (SSSR count). The van der Waals surface area contributed by atoms with E-state index in [1.54, 1.807) is 4.90 Å². The van der Waals surface area contributed by atoms with Crippen LogP contribution >= 0.6 is 15.9 Å². The molecule has 5 nitrogen and oxygen atoms in total. The molecular formula is C33H41BrN2O3. The van der Waals surface area contributed by atoms with Gasteiger partial charge in [0.25, 0.3) is 5.91 Å². The van der Waals surface area contributed by atoms with Gasteiger partial charge in [-0.05, 0) is 68.6 Å². The van der Waals surface area contributed by atoms with Gasteiger partial charge in [-0.2, -0.15) is 0 Å². The van der Waals surface area contributed by atoms with E-state index >= 15 is 0 Å². The van der Waals surface area contributed by atoms with Crippen LogP contribution in [0.4, 0.5) is 0 Å². The minimum Gasteiger partial charge on any atom is -0.483 e. The Hall–Kier alpha value is -3.12. The van der Waals surface area contributed by atoms with E-state index in [-0.39, 0.29) is 23.8 Å². The Labute approximate surface area is 242 Å². The molecule has 39 heavy (non-hydrogen) atoms. The zero-order valence-electron chi connectivity index (χ0n) is 24.0. The Morgan fingerprint density at radius 2 is 1.64 bits per heavy atom. The first-order valence-corrected chi connectivity index (χ1v) is 14.3. The SMILES string of the molecule is Cc1ccccc1CN(C(=O)COc1ccc(C(C)(C)C)cc1Br)[C@@H](Cc1ccccc1)C(=O)NCC(C)C. The van der Waals surface area contributed by atoms with Gasteiger partial charge in [0.2, 0.25) is 5.91 Å². The van der Waals surface area contributed by atoms with Crippen molar-refractivity contribution in [2.24, 2.45) is 5.92 Å². The third-order valence-electron chi connectivity index (χ3n) is 6.71. The van der Waals surface area contributed by atoms with Gasteiger partial charge in [0, 0.05) is 19.5 Å². The lowest BCUT2D eigenvalue weighted by Gasteiger charge is -2.32. The van der Waals surface area contributed by atoms with E-state index in [1.807, 2.05) is 79.7 Å². The summed E-state index contributed by atoms with van der Waals surface area (Å²) in [4.78, 5) is 29.1. The molecule has 208 valence electrons. The third-order valence-corrected chi connectivity index (χ3v) is 7.33. The summed E-state index contributed by atoms with van der Waals surface area (Å²) in [7, 11) is 0. The lowest BCUT2D eigenvalue weighted by atomic mass is 9.87. The molecule has 3 aromatic rings. The molecule has 0 aliphatic carbocycles. The van der Waals surface area contributed by atoms with Gasteiger partial charge in [-0.1, -0.05) is 95.3 Å².